The zero-order valence-electron chi connectivity index (χ0n) is 7.65. The number of nitrogen functional groups attached to an aromatic ring is 1. The molecule has 14 heavy (non-hydrogen) atoms. The lowest BCUT2D eigenvalue weighted by Crippen LogP contribution is -2.34. The summed E-state index contributed by atoms with van der Waals surface area (Å²) in [4.78, 5) is 10.5. The molecule has 7 heteroatoms. The van der Waals surface area contributed by atoms with Crippen molar-refractivity contribution in [3.8, 4) is 0 Å². The van der Waals surface area contributed by atoms with Gasteiger partial charge in [0.05, 0.1) is 6.54 Å². The number of carbonyl (C=O) groups is 1. The number of anilines is 2. The maximum atomic E-state index is 10.5. The van der Waals surface area contributed by atoms with Crippen LogP contribution in [-0.2, 0) is 4.79 Å². The Labute approximate surface area is 85.1 Å². The van der Waals surface area contributed by atoms with Crippen molar-refractivity contribution in [3.05, 3.63) is 5.56 Å². The molecule has 0 spiro atoms. The van der Waals surface area contributed by atoms with Crippen LogP contribution in [0.15, 0.2) is 0 Å². The zero-order chi connectivity index (χ0) is 10.7. The van der Waals surface area contributed by atoms with Gasteiger partial charge in [-0.3, -0.25) is 4.79 Å². The number of nitrogens with zero attached hydrogens (tertiary/aromatic N) is 1. The molecule has 1 heterocycles. The van der Waals surface area contributed by atoms with Gasteiger partial charge in [0.1, 0.15) is 16.9 Å². The lowest BCUT2D eigenvalue weighted by Gasteiger charge is -2.07. The second kappa shape index (κ2) is 4.25. The van der Waals surface area contributed by atoms with Crippen LogP contribution in [0.2, 0.25) is 0 Å². The molecule has 0 aliphatic carbocycles. The number of aromatic nitrogens is 1. The minimum atomic E-state index is -1.20. The molecule has 1 rings (SSSR count). The largest absolute Gasteiger partial charge is 0.383 e. The van der Waals surface area contributed by atoms with E-state index in [9.17, 15) is 4.79 Å². The van der Waals surface area contributed by atoms with Crippen LogP contribution < -0.4 is 16.8 Å². The van der Waals surface area contributed by atoms with E-state index in [1.807, 2.05) is 0 Å². The summed E-state index contributed by atoms with van der Waals surface area (Å²) in [6.45, 7) is 1.87. The molecular formula is C7H12N4O2S. The molecule has 1 aromatic heterocycles. The standard InChI is InChI=1S/C7H12N4O2S/c1-3-5(8)11-14-7(3)10-2-4(12)6(9)13/h4,10,12H,2H2,1H3,(H2,8,11)(H2,9,13). The fourth-order valence-electron chi connectivity index (χ4n) is 0.803. The van der Waals surface area contributed by atoms with Crippen molar-refractivity contribution in [1.29, 1.82) is 0 Å². The molecule has 0 saturated carbocycles. The molecule has 0 fully saturated rings. The number of carbonyl (C=O) groups excluding carboxylic acids is 1. The van der Waals surface area contributed by atoms with Crippen molar-refractivity contribution in [2.24, 2.45) is 5.73 Å². The van der Waals surface area contributed by atoms with E-state index >= 15 is 0 Å². The molecule has 0 radical (unpaired) electrons. The Morgan fingerprint density at radius 3 is 2.86 bits per heavy atom. The van der Waals surface area contributed by atoms with Gasteiger partial charge in [0.25, 0.3) is 0 Å². The van der Waals surface area contributed by atoms with Crippen molar-refractivity contribution >= 4 is 28.3 Å². The number of amides is 1. The van der Waals surface area contributed by atoms with Gasteiger partial charge < -0.3 is 21.9 Å². The molecule has 1 aromatic rings. The number of aliphatic hydroxyl groups is 1. The van der Waals surface area contributed by atoms with Crippen molar-refractivity contribution in [1.82, 2.24) is 4.37 Å². The Kier molecular flexibility index (Phi) is 3.26. The molecule has 78 valence electrons. The Bertz CT molecular complexity index is 338. The first-order valence-corrected chi connectivity index (χ1v) is 4.72. The number of rotatable bonds is 4. The number of nitrogens with two attached hydrogens (primary N) is 2. The smallest absolute Gasteiger partial charge is 0.248 e. The lowest BCUT2D eigenvalue weighted by molar-refractivity contribution is -0.125. The van der Waals surface area contributed by atoms with Crippen LogP contribution >= 0.6 is 11.5 Å². The quantitative estimate of drug-likeness (QED) is 0.531. The lowest BCUT2D eigenvalue weighted by atomic mass is 10.3. The van der Waals surface area contributed by atoms with Crippen molar-refractivity contribution in [2.75, 3.05) is 17.6 Å². The number of primary amides is 1. The molecule has 0 saturated heterocycles. The zero-order valence-corrected chi connectivity index (χ0v) is 8.47. The van der Waals surface area contributed by atoms with Gasteiger partial charge in [0, 0.05) is 5.56 Å². The van der Waals surface area contributed by atoms with E-state index in [1.165, 1.54) is 11.5 Å². The van der Waals surface area contributed by atoms with Crippen LogP contribution in [0.4, 0.5) is 10.8 Å². The van der Waals surface area contributed by atoms with Crippen LogP contribution in [0.3, 0.4) is 0 Å². The predicted octanol–water partition coefficient (Wildman–Crippen LogP) is -0.708. The summed E-state index contributed by atoms with van der Waals surface area (Å²) in [5.41, 5.74) is 11.2. The first-order chi connectivity index (χ1) is 6.52. The molecule has 0 aliphatic heterocycles. The van der Waals surface area contributed by atoms with Crippen LogP contribution in [0, 0.1) is 6.92 Å². The number of hydrogen-bond donors (Lipinski definition) is 4. The fourth-order valence-corrected chi connectivity index (χ4v) is 1.52. The predicted molar refractivity (Wildman–Crippen MR) is 55.0 cm³/mol. The van der Waals surface area contributed by atoms with E-state index in [-0.39, 0.29) is 6.54 Å². The second-order valence-electron chi connectivity index (χ2n) is 2.82. The van der Waals surface area contributed by atoms with Crippen LogP contribution in [0.25, 0.3) is 0 Å². The average Bonchev–Trinajstić information content (AvgIpc) is 2.44. The third-order valence-corrected chi connectivity index (χ3v) is 2.67. The van der Waals surface area contributed by atoms with Crippen LogP contribution in [0.1, 0.15) is 5.56 Å². The van der Waals surface area contributed by atoms with Gasteiger partial charge in [0.15, 0.2) is 0 Å². The third kappa shape index (κ3) is 2.33. The van der Waals surface area contributed by atoms with E-state index < -0.39 is 12.0 Å². The number of hydrogen-bond acceptors (Lipinski definition) is 6. The maximum Gasteiger partial charge on any atom is 0.248 e. The van der Waals surface area contributed by atoms with Crippen molar-refractivity contribution < 1.29 is 9.90 Å². The van der Waals surface area contributed by atoms with Gasteiger partial charge in [-0.1, -0.05) is 0 Å². The van der Waals surface area contributed by atoms with Gasteiger partial charge in [-0.2, -0.15) is 4.37 Å². The first-order valence-electron chi connectivity index (χ1n) is 3.95. The average molecular weight is 216 g/mol. The molecule has 1 atom stereocenters. The first kappa shape index (κ1) is 10.7. The summed E-state index contributed by atoms with van der Waals surface area (Å²) in [6, 6.07) is 0. The van der Waals surface area contributed by atoms with E-state index in [1.54, 1.807) is 6.92 Å². The normalized spacial score (nSPS) is 12.4. The topological polar surface area (TPSA) is 114 Å². The highest BCUT2D eigenvalue weighted by molar-refractivity contribution is 7.10. The Hall–Kier alpha value is -1.34. The SMILES string of the molecule is Cc1c(N)nsc1NCC(O)C(N)=O. The monoisotopic (exact) mass is 216 g/mol. The van der Waals surface area contributed by atoms with E-state index in [2.05, 4.69) is 9.69 Å². The van der Waals surface area contributed by atoms with Crippen LogP contribution in [-0.4, -0.2) is 28.0 Å². The van der Waals surface area contributed by atoms with Gasteiger partial charge in [-0.05, 0) is 18.5 Å². The molecule has 6 nitrogen and oxygen atoms in total. The molecule has 1 unspecified atom stereocenters. The summed E-state index contributed by atoms with van der Waals surface area (Å²) in [6.07, 6.45) is -1.20. The highest BCUT2D eigenvalue weighted by Gasteiger charge is 2.12. The minimum Gasteiger partial charge on any atom is -0.383 e. The Morgan fingerprint density at radius 2 is 2.43 bits per heavy atom. The summed E-state index contributed by atoms with van der Waals surface area (Å²) in [7, 11) is 0. The highest BCUT2D eigenvalue weighted by atomic mass is 32.1. The van der Waals surface area contributed by atoms with E-state index in [4.69, 9.17) is 16.6 Å². The summed E-state index contributed by atoms with van der Waals surface area (Å²) in [5, 5.41) is 12.7. The maximum absolute atomic E-state index is 10.5. The van der Waals surface area contributed by atoms with Gasteiger partial charge in [-0.15, -0.1) is 0 Å². The van der Waals surface area contributed by atoms with Crippen molar-refractivity contribution in [3.63, 3.8) is 0 Å². The van der Waals surface area contributed by atoms with Crippen LogP contribution in [0.5, 0.6) is 0 Å². The molecule has 0 aromatic carbocycles. The third-order valence-electron chi connectivity index (χ3n) is 1.74. The van der Waals surface area contributed by atoms with E-state index in [0.717, 1.165) is 10.6 Å². The Balaban J connectivity index is 2.54. The molecule has 0 bridgehead atoms. The number of nitrogens with one attached hydrogen (secondary N) is 1. The van der Waals surface area contributed by atoms with Crippen molar-refractivity contribution in [2.45, 2.75) is 13.0 Å². The summed E-state index contributed by atoms with van der Waals surface area (Å²) in [5.74, 6) is -0.307. The Morgan fingerprint density at radius 1 is 1.79 bits per heavy atom. The summed E-state index contributed by atoms with van der Waals surface area (Å²) < 4.78 is 3.90. The minimum absolute atomic E-state index is 0.0673. The highest BCUT2D eigenvalue weighted by Crippen LogP contribution is 2.24. The molecule has 0 aliphatic rings. The van der Waals surface area contributed by atoms with Gasteiger partial charge in [0.2, 0.25) is 5.91 Å². The second-order valence-corrected chi connectivity index (χ2v) is 3.59. The van der Waals surface area contributed by atoms with E-state index in [0.29, 0.717) is 5.82 Å². The number of aliphatic hydroxyl groups excluding tert-OH is 1. The molecule has 6 N–H and O–H groups in total. The summed E-state index contributed by atoms with van der Waals surface area (Å²) >= 11 is 1.18. The molecule has 1 amide bonds. The fraction of sp³-hybridized carbons (Fsp3) is 0.429. The van der Waals surface area contributed by atoms with Gasteiger partial charge >= 0.3 is 0 Å². The van der Waals surface area contributed by atoms with Gasteiger partial charge in [-0.25, -0.2) is 0 Å². The molecular weight excluding hydrogens is 204 g/mol.